The van der Waals surface area contributed by atoms with Crippen LogP contribution in [0.1, 0.15) is 36.7 Å². The van der Waals surface area contributed by atoms with Gasteiger partial charge in [0.05, 0.1) is 5.56 Å². The molecular weight excluding hydrogens is 376 g/mol. The molecule has 1 aromatic carbocycles. The molecule has 6 nitrogen and oxygen atoms in total. The van der Waals surface area contributed by atoms with Gasteiger partial charge in [0.15, 0.2) is 0 Å². The lowest BCUT2D eigenvalue weighted by molar-refractivity contribution is -0.153. The predicted octanol–water partition coefficient (Wildman–Crippen LogP) is 3.46. The number of halogens is 1. The third-order valence-electron chi connectivity index (χ3n) is 3.26. The van der Waals surface area contributed by atoms with Gasteiger partial charge < -0.3 is 15.4 Å². The van der Waals surface area contributed by atoms with Crippen molar-refractivity contribution in [3.8, 4) is 0 Å². The van der Waals surface area contributed by atoms with E-state index in [-0.39, 0.29) is 12.4 Å². The molecule has 0 aliphatic rings. The first-order valence-corrected chi connectivity index (χ1v) is 9.35. The highest BCUT2D eigenvalue weighted by Crippen LogP contribution is 2.36. The summed E-state index contributed by atoms with van der Waals surface area (Å²) in [5, 5.41) is 6.32. The topological polar surface area (TPSA) is 84.5 Å². The second kappa shape index (κ2) is 8.05. The number of hydrogen-bond acceptors (Lipinski definition) is 5. The number of alkyl halides is 1. The maximum absolute atomic E-state index is 12.7. The van der Waals surface area contributed by atoms with Crippen LogP contribution in [0.3, 0.4) is 0 Å². The van der Waals surface area contributed by atoms with Crippen molar-refractivity contribution < 1.29 is 19.1 Å². The molecule has 2 aromatic rings. The van der Waals surface area contributed by atoms with Gasteiger partial charge in [0.25, 0.3) is 5.91 Å². The highest BCUT2D eigenvalue weighted by atomic mass is 35.5. The van der Waals surface area contributed by atoms with Gasteiger partial charge in [0, 0.05) is 10.1 Å². The van der Waals surface area contributed by atoms with Gasteiger partial charge >= 0.3 is 5.97 Å². The molecule has 1 heterocycles. The van der Waals surface area contributed by atoms with E-state index >= 15 is 0 Å². The molecule has 0 fully saturated rings. The van der Waals surface area contributed by atoms with Gasteiger partial charge in [0.1, 0.15) is 23.0 Å². The summed E-state index contributed by atoms with van der Waals surface area (Å²) in [6.45, 7) is 6.91. The van der Waals surface area contributed by atoms with Crippen molar-refractivity contribution in [2.45, 2.75) is 33.3 Å². The molecule has 0 saturated heterocycles. The number of ether oxygens (including phenoxy) is 1. The van der Waals surface area contributed by atoms with Gasteiger partial charge in [0.2, 0.25) is 5.91 Å². The van der Waals surface area contributed by atoms with E-state index in [1.54, 1.807) is 20.8 Å². The van der Waals surface area contributed by atoms with Gasteiger partial charge in [-0.05, 0) is 39.8 Å². The summed E-state index contributed by atoms with van der Waals surface area (Å²) in [5.74, 6) is -1.62. The Balaban J connectivity index is 2.28. The Morgan fingerprint density at radius 1 is 1.23 bits per heavy atom. The van der Waals surface area contributed by atoms with Crippen LogP contribution < -0.4 is 10.6 Å². The third-order valence-corrected chi connectivity index (χ3v) is 4.59. The van der Waals surface area contributed by atoms with E-state index in [4.69, 9.17) is 16.3 Å². The van der Waals surface area contributed by atoms with Crippen LogP contribution in [-0.2, 0) is 14.3 Å². The lowest BCUT2D eigenvalue weighted by atomic mass is 10.1. The standard InChI is InChI=1S/C18H21ClN2O4S/c1-10-5-6-12-11(7-10)15(17(26-12)21-13(22)8-19)16(24)20-9-14(23)25-18(2,3)4/h5-7H,8-9H2,1-4H3,(H,20,24)(H,21,22). The number of carbonyl (C=O) groups excluding carboxylic acids is 3. The van der Waals surface area contributed by atoms with Crippen LogP contribution in [0.15, 0.2) is 18.2 Å². The number of anilines is 1. The number of thiophene rings is 1. The first kappa shape index (κ1) is 20.2. The smallest absolute Gasteiger partial charge is 0.325 e. The van der Waals surface area contributed by atoms with Gasteiger partial charge in [-0.3, -0.25) is 14.4 Å². The molecule has 0 aliphatic carbocycles. The van der Waals surface area contributed by atoms with E-state index in [1.165, 1.54) is 11.3 Å². The molecule has 26 heavy (non-hydrogen) atoms. The minimum atomic E-state index is -0.631. The number of hydrogen-bond donors (Lipinski definition) is 2. The van der Waals surface area contributed by atoms with E-state index < -0.39 is 23.4 Å². The van der Waals surface area contributed by atoms with Crippen molar-refractivity contribution >= 4 is 55.8 Å². The molecule has 1 aromatic heterocycles. The van der Waals surface area contributed by atoms with Crippen molar-refractivity contribution in [1.82, 2.24) is 5.32 Å². The van der Waals surface area contributed by atoms with E-state index in [1.807, 2.05) is 25.1 Å². The van der Waals surface area contributed by atoms with Crippen molar-refractivity contribution in [3.05, 3.63) is 29.3 Å². The number of rotatable bonds is 5. The van der Waals surface area contributed by atoms with Crippen LogP contribution >= 0.6 is 22.9 Å². The summed E-state index contributed by atoms with van der Waals surface area (Å²) in [4.78, 5) is 36.2. The number of carbonyl (C=O) groups is 3. The van der Waals surface area contributed by atoms with E-state index in [0.717, 1.165) is 10.3 Å². The molecule has 140 valence electrons. The highest BCUT2D eigenvalue weighted by Gasteiger charge is 2.22. The molecular formula is C18H21ClN2O4S. The zero-order valence-electron chi connectivity index (χ0n) is 15.1. The van der Waals surface area contributed by atoms with Crippen molar-refractivity contribution in [2.24, 2.45) is 0 Å². The Hall–Kier alpha value is -2.12. The fourth-order valence-corrected chi connectivity index (χ4v) is 3.47. The third kappa shape index (κ3) is 5.19. The van der Waals surface area contributed by atoms with Crippen LogP contribution in [0, 0.1) is 6.92 Å². The Morgan fingerprint density at radius 2 is 1.92 bits per heavy atom. The maximum Gasteiger partial charge on any atom is 0.325 e. The Kier molecular flexibility index (Phi) is 6.26. The summed E-state index contributed by atoms with van der Waals surface area (Å²) in [7, 11) is 0. The number of amides is 2. The van der Waals surface area contributed by atoms with Gasteiger partial charge in [-0.2, -0.15) is 0 Å². The molecule has 0 aliphatic heterocycles. The summed E-state index contributed by atoms with van der Waals surface area (Å²) in [5.41, 5.74) is 0.662. The molecule has 8 heteroatoms. The summed E-state index contributed by atoms with van der Waals surface area (Å²) >= 11 is 6.83. The maximum atomic E-state index is 12.7. The SMILES string of the molecule is Cc1ccc2sc(NC(=O)CCl)c(C(=O)NCC(=O)OC(C)(C)C)c2c1. The normalized spacial score (nSPS) is 11.3. The predicted molar refractivity (Wildman–Crippen MR) is 104 cm³/mol. The zero-order chi connectivity index (χ0) is 19.5. The van der Waals surface area contributed by atoms with Crippen LogP contribution in [-0.4, -0.2) is 35.8 Å². The molecule has 0 bridgehead atoms. The Morgan fingerprint density at radius 3 is 2.54 bits per heavy atom. The van der Waals surface area contributed by atoms with Crippen molar-refractivity contribution in [1.29, 1.82) is 0 Å². The molecule has 0 unspecified atom stereocenters. The highest BCUT2D eigenvalue weighted by molar-refractivity contribution is 7.23. The molecule has 0 spiro atoms. The van der Waals surface area contributed by atoms with E-state index in [0.29, 0.717) is 16.0 Å². The van der Waals surface area contributed by atoms with Gasteiger partial charge in [-0.1, -0.05) is 11.6 Å². The Labute approximate surface area is 160 Å². The Bertz CT molecular complexity index is 855. The van der Waals surface area contributed by atoms with Crippen LogP contribution in [0.5, 0.6) is 0 Å². The number of esters is 1. The molecule has 2 rings (SSSR count). The number of benzene rings is 1. The lowest BCUT2D eigenvalue weighted by Crippen LogP contribution is -2.34. The van der Waals surface area contributed by atoms with E-state index in [9.17, 15) is 14.4 Å². The zero-order valence-corrected chi connectivity index (χ0v) is 16.6. The second-order valence-corrected chi connectivity index (χ2v) is 8.08. The largest absolute Gasteiger partial charge is 0.459 e. The number of aryl methyl sites for hydroxylation is 1. The quantitative estimate of drug-likeness (QED) is 0.598. The minimum Gasteiger partial charge on any atom is -0.459 e. The first-order valence-electron chi connectivity index (χ1n) is 7.99. The van der Waals surface area contributed by atoms with Crippen LogP contribution in [0.4, 0.5) is 5.00 Å². The first-order chi connectivity index (χ1) is 12.1. The fraction of sp³-hybridized carbons (Fsp3) is 0.389. The summed E-state index contributed by atoms with van der Waals surface area (Å²) in [6.07, 6.45) is 0. The minimum absolute atomic E-state index is 0.216. The molecule has 2 amide bonds. The number of nitrogens with one attached hydrogen (secondary N) is 2. The summed E-state index contributed by atoms with van der Waals surface area (Å²) < 4.78 is 6.04. The molecule has 0 saturated carbocycles. The average Bonchev–Trinajstić information content (AvgIpc) is 2.87. The van der Waals surface area contributed by atoms with Gasteiger partial charge in [-0.15, -0.1) is 22.9 Å². The van der Waals surface area contributed by atoms with Crippen molar-refractivity contribution in [2.75, 3.05) is 17.7 Å². The van der Waals surface area contributed by atoms with Gasteiger partial charge in [-0.25, -0.2) is 0 Å². The lowest BCUT2D eigenvalue weighted by Gasteiger charge is -2.19. The van der Waals surface area contributed by atoms with Crippen molar-refractivity contribution in [3.63, 3.8) is 0 Å². The number of fused-ring (bicyclic) bond motifs is 1. The fourth-order valence-electron chi connectivity index (χ4n) is 2.30. The monoisotopic (exact) mass is 396 g/mol. The second-order valence-electron chi connectivity index (χ2n) is 6.76. The van der Waals surface area contributed by atoms with E-state index in [2.05, 4.69) is 10.6 Å². The molecule has 2 N–H and O–H groups in total. The van der Waals surface area contributed by atoms with Crippen LogP contribution in [0.25, 0.3) is 10.1 Å². The average molecular weight is 397 g/mol. The summed E-state index contributed by atoms with van der Waals surface area (Å²) in [6, 6.07) is 5.68. The molecule has 0 atom stereocenters. The van der Waals surface area contributed by atoms with Crippen LogP contribution in [0.2, 0.25) is 0 Å². The molecule has 0 radical (unpaired) electrons.